The van der Waals surface area contributed by atoms with Crippen LogP contribution in [0.15, 0.2) is 24.4 Å². The summed E-state index contributed by atoms with van der Waals surface area (Å²) in [4.78, 5) is 16.4. The van der Waals surface area contributed by atoms with E-state index in [1.807, 2.05) is 17.7 Å². The molecule has 0 fully saturated rings. The Morgan fingerprint density at radius 1 is 1.50 bits per heavy atom. The van der Waals surface area contributed by atoms with E-state index >= 15 is 0 Å². The van der Waals surface area contributed by atoms with Crippen molar-refractivity contribution >= 4 is 17.5 Å². The van der Waals surface area contributed by atoms with Crippen LogP contribution in [0.2, 0.25) is 5.02 Å². The third kappa shape index (κ3) is 2.54. The van der Waals surface area contributed by atoms with Crippen LogP contribution < -0.4 is 5.32 Å². The van der Waals surface area contributed by atoms with Gasteiger partial charge in [-0.25, -0.2) is 0 Å². The van der Waals surface area contributed by atoms with Gasteiger partial charge in [0.05, 0.1) is 16.8 Å². The Morgan fingerprint density at radius 2 is 2.35 bits per heavy atom. The Labute approximate surface area is 122 Å². The molecule has 6 heteroatoms. The first-order chi connectivity index (χ1) is 9.63. The number of fused-ring (bicyclic) bond motifs is 1. The second kappa shape index (κ2) is 5.25. The summed E-state index contributed by atoms with van der Waals surface area (Å²) in [5.74, 6) is -0.170. The lowest BCUT2D eigenvalue weighted by Crippen LogP contribution is -2.27. The third-order valence-electron chi connectivity index (χ3n) is 3.44. The lowest BCUT2D eigenvalue weighted by atomic mass is 10.2. The fourth-order valence-electron chi connectivity index (χ4n) is 2.36. The molecule has 0 saturated carbocycles. The molecule has 0 bridgehead atoms. The van der Waals surface area contributed by atoms with Gasteiger partial charge in [0, 0.05) is 18.4 Å². The molecule has 1 aliphatic rings. The van der Waals surface area contributed by atoms with Gasteiger partial charge in [-0.15, -0.1) is 0 Å². The maximum atomic E-state index is 12.2. The average Bonchev–Trinajstić information content (AvgIpc) is 2.99. The molecular formula is C14H15ClN4O. The summed E-state index contributed by atoms with van der Waals surface area (Å²) in [6, 6.07) is 5.25. The molecule has 5 nitrogen and oxygen atoms in total. The molecular weight excluding hydrogens is 276 g/mol. The van der Waals surface area contributed by atoms with Gasteiger partial charge in [-0.3, -0.25) is 14.5 Å². The highest BCUT2D eigenvalue weighted by atomic mass is 35.5. The van der Waals surface area contributed by atoms with Crippen LogP contribution in [0.3, 0.4) is 0 Å². The van der Waals surface area contributed by atoms with Gasteiger partial charge >= 0.3 is 0 Å². The minimum atomic E-state index is -0.184. The number of carbonyl (C=O) groups excluding carboxylic acids is 1. The van der Waals surface area contributed by atoms with Gasteiger partial charge in [-0.2, -0.15) is 5.10 Å². The van der Waals surface area contributed by atoms with E-state index in [2.05, 4.69) is 15.4 Å². The predicted octanol–water partition coefficient (Wildman–Crippen LogP) is 2.37. The van der Waals surface area contributed by atoms with Crippen LogP contribution in [0.1, 0.15) is 41.3 Å². The van der Waals surface area contributed by atoms with Crippen LogP contribution in [0.4, 0.5) is 0 Å². The topological polar surface area (TPSA) is 59.8 Å². The summed E-state index contributed by atoms with van der Waals surface area (Å²) in [5.41, 5.74) is 2.38. The first-order valence-electron chi connectivity index (χ1n) is 6.62. The molecule has 2 aromatic heterocycles. The Bertz CT molecular complexity index is 614. The SMILES string of the molecule is C[C@H](NC(=O)c1cc2n(n1)CCC2)c1ccc(Cl)cn1. The zero-order valence-electron chi connectivity index (χ0n) is 11.1. The lowest BCUT2D eigenvalue weighted by molar-refractivity contribution is 0.0933. The zero-order valence-corrected chi connectivity index (χ0v) is 11.9. The molecule has 104 valence electrons. The fourth-order valence-corrected chi connectivity index (χ4v) is 2.47. The Morgan fingerprint density at radius 3 is 3.05 bits per heavy atom. The Balaban J connectivity index is 1.70. The molecule has 20 heavy (non-hydrogen) atoms. The van der Waals surface area contributed by atoms with Gasteiger partial charge in [0.2, 0.25) is 0 Å². The van der Waals surface area contributed by atoms with Crippen molar-refractivity contribution in [2.45, 2.75) is 32.4 Å². The number of halogens is 1. The molecule has 1 amide bonds. The number of amides is 1. The lowest BCUT2D eigenvalue weighted by Gasteiger charge is -2.12. The highest BCUT2D eigenvalue weighted by Crippen LogP contribution is 2.17. The number of pyridine rings is 1. The molecule has 3 heterocycles. The van der Waals surface area contributed by atoms with E-state index in [0.717, 1.165) is 30.8 Å². The van der Waals surface area contributed by atoms with Gasteiger partial charge in [0.25, 0.3) is 5.91 Å². The molecule has 0 aromatic carbocycles. The largest absolute Gasteiger partial charge is 0.343 e. The van der Waals surface area contributed by atoms with E-state index in [1.54, 1.807) is 18.3 Å². The maximum Gasteiger partial charge on any atom is 0.272 e. The Hall–Kier alpha value is -1.88. The van der Waals surface area contributed by atoms with Crippen LogP contribution in [0.25, 0.3) is 0 Å². The number of nitrogens with zero attached hydrogens (tertiary/aromatic N) is 3. The summed E-state index contributed by atoms with van der Waals surface area (Å²) in [5, 5.41) is 7.80. The first-order valence-corrected chi connectivity index (χ1v) is 7.00. The molecule has 0 spiro atoms. The highest BCUT2D eigenvalue weighted by Gasteiger charge is 2.19. The minimum absolute atomic E-state index is 0.170. The van der Waals surface area contributed by atoms with Crippen LogP contribution in [0.5, 0.6) is 0 Å². The number of carbonyl (C=O) groups is 1. The molecule has 0 aliphatic carbocycles. The Kier molecular flexibility index (Phi) is 3.44. The summed E-state index contributed by atoms with van der Waals surface area (Å²) in [6.45, 7) is 2.79. The second-order valence-electron chi connectivity index (χ2n) is 4.94. The van der Waals surface area contributed by atoms with Crippen molar-refractivity contribution in [2.24, 2.45) is 0 Å². The van der Waals surface area contributed by atoms with Crippen molar-refractivity contribution in [3.63, 3.8) is 0 Å². The van der Waals surface area contributed by atoms with Gasteiger partial charge in [0.1, 0.15) is 5.69 Å². The summed E-state index contributed by atoms with van der Waals surface area (Å²) < 4.78 is 1.90. The van der Waals surface area contributed by atoms with E-state index in [0.29, 0.717) is 10.7 Å². The summed E-state index contributed by atoms with van der Waals surface area (Å²) >= 11 is 5.80. The minimum Gasteiger partial charge on any atom is -0.343 e. The molecule has 1 atom stereocenters. The normalized spacial score (nSPS) is 14.9. The van der Waals surface area contributed by atoms with Crippen molar-refractivity contribution in [3.05, 3.63) is 46.5 Å². The van der Waals surface area contributed by atoms with Crippen LogP contribution in [0, 0.1) is 0 Å². The van der Waals surface area contributed by atoms with E-state index in [9.17, 15) is 4.79 Å². The van der Waals surface area contributed by atoms with Crippen LogP contribution >= 0.6 is 11.6 Å². The molecule has 1 N–H and O–H groups in total. The number of hydrogen-bond acceptors (Lipinski definition) is 3. The second-order valence-corrected chi connectivity index (χ2v) is 5.38. The third-order valence-corrected chi connectivity index (χ3v) is 3.66. The van der Waals surface area contributed by atoms with Gasteiger partial charge in [0.15, 0.2) is 0 Å². The quantitative estimate of drug-likeness (QED) is 0.944. The molecule has 2 aromatic rings. The number of aromatic nitrogens is 3. The van der Waals surface area contributed by atoms with Crippen molar-refractivity contribution in [3.8, 4) is 0 Å². The number of hydrogen-bond donors (Lipinski definition) is 1. The summed E-state index contributed by atoms with van der Waals surface area (Å²) in [7, 11) is 0. The van der Waals surface area contributed by atoms with Crippen LogP contribution in [-0.2, 0) is 13.0 Å². The van der Waals surface area contributed by atoms with E-state index in [-0.39, 0.29) is 11.9 Å². The number of rotatable bonds is 3. The van der Waals surface area contributed by atoms with Crippen molar-refractivity contribution in [1.82, 2.24) is 20.1 Å². The smallest absolute Gasteiger partial charge is 0.272 e. The van der Waals surface area contributed by atoms with Crippen molar-refractivity contribution in [1.29, 1.82) is 0 Å². The molecule has 0 saturated heterocycles. The molecule has 3 rings (SSSR count). The average molecular weight is 291 g/mol. The van der Waals surface area contributed by atoms with Crippen LogP contribution in [-0.4, -0.2) is 20.7 Å². The first kappa shape index (κ1) is 13.1. The van der Waals surface area contributed by atoms with Crippen molar-refractivity contribution in [2.75, 3.05) is 0 Å². The maximum absolute atomic E-state index is 12.2. The van der Waals surface area contributed by atoms with Gasteiger partial charge in [-0.05, 0) is 38.0 Å². The monoisotopic (exact) mass is 290 g/mol. The summed E-state index contributed by atoms with van der Waals surface area (Å²) in [6.07, 6.45) is 3.68. The standard InChI is InChI=1S/C14H15ClN4O/c1-9(12-5-4-10(15)8-16-12)17-14(20)13-7-11-3-2-6-19(11)18-13/h4-5,7-9H,2-3,6H2,1H3,(H,17,20)/t9-/m0/s1. The van der Waals surface area contributed by atoms with Gasteiger partial charge < -0.3 is 5.32 Å². The zero-order chi connectivity index (χ0) is 14.1. The predicted molar refractivity (Wildman–Crippen MR) is 75.7 cm³/mol. The van der Waals surface area contributed by atoms with Gasteiger partial charge in [-0.1, -0.05) is 11.6 Å². The fraction of sp³-hybridized carbons (Fsp3) is 0.357. The number of nitrogens with one attached hydrogen (secondary N) is 1. The molecule has 0 radical (unpaired) electrons. The van der Waals surface area contributed by atoms with E-state index < -0.39 is 0 Å². The molecule has 0 unspecified atom stereocenters. The van der Waals surface area contributed by atoms with E-state index in [1.165, 1.54) is 0 Å². The molecule has 1 aliphatic heterocycles. The van der Waals surface area contributed by atoms with Crippen molar-refractivity contribution < 1.29 is 4.79 Å². The highest BCUT2D eigenvalue weighted by molar-refractivity contribution is 6.30. The van der Waals surface area contributed by atoms with E-state index in [4.69, 9.17) is 11.6 Å². The number of aryl methyl sites for hydroxylation is 2.